The monoisotopic (exact) mass is 528 g/mol. The minimum Gasteiger partial charge on any atom is -0.488 e. The van der Waals surface area contributed by atoms with Crippen molar-refractivity contribution in [1.82, 2.24) is 14.8 Å². The molecule has 0 spiro atoms. The van der Waals surface area contributed by atoms with Crippen molar-refractivity contribution in [2.45, 2.75) is 25.5 Å². The van der Waals surface area contributed by atoms with Crippen LogP contribution in [0.4, 0.5) is 13.2 Å². The number of halogens is 3. The van der Waals surface area contributed by atoms with E-state index in [1.54, 1.807) is 36.4 Å². The molecule has 0 atom stereocenters. The molecular formula is C26H23F3N4O3S. The van der Waals surface area contributed by atoms with Crippen molar-refractivity contribution < 1.29 is 27.4 Å². The van der Waals surface area contributed by atoms with Gasteiger partial charge < -0.3 is 9.47 Å². The lowest BCUT2D eigenvalue weighted by molar-refractivity contribution is -0.143. The van der Waals surface area contributed by atoms with Gasteiger partial charge in [-0.1, -0.05) is 54.4 Å². The number of aromatic nitrogens is 3. The third kappa shape index (κ3) is 6.12. The number of pyridine rings is 1. The van der Waals surface area contributed by atoms with Crippen LogP contribution in [0.2, 0.25) is 0 Å². The number of rotatable bonds is 9. The summed E-state index contributed by atoms with van der Waals surface area (Å²) < 4.78 is 53.2. The highest BCUT2D eigenvalue weighted by molar-refractivity contribution is 7.96. The van der Waals surface area contributed by atoms with Crippen molar-refractivity contribution in [1.29, 1.82) is 0 Å². The highest BCUT2D eigenvalue weighted by atomic mass is 32.2. The number of para-hydroxylation sites is 1. The summed E-state index contributed by atoms with van der Waals surface area (Å²) in [6.45, 7) is 1.73. The second kappa shape index (κ2) is 11.5. The number of carbonyl (C=O) groups excluding carboxylic acids is 1. The van der Waals surface area contributed by atoms with E-state index in [0.29, 0.717) is 27.4 Å². The predicted octanol–water partition coefficient (Wildman–Crippen LogP) is 5.82. The van der Waals surface area contributed by atoms with Gasteiger partial charge in [0.15, 0.2) is 11.5 Å². The Kier molecular flexibility index (Phi) is 8.14. The maximum absolute atomic E-state index is 13.9. The Labute approximate surface area is 215 Å². The summed E-state index contributed by atoms with van der Waals surface area (Å²) in [4.78, 5) is 16.5. The highest BCUT2D eigenvalue weighted by Gasteiger charge is 2.41. The van der Waals surface area contributed by atoms with Crippen molar-refractivity contribution in [3.05, 3.63) is 95.3 Å². The van der Waals surface area contributed by atoms with Crippen molar-refractivity contribution >= 4 is 17.9 Å². The molecule has 7 nitrogen and oxygen atoms in total. The summed E-state index contributed by atoms with van der Waals surface area (Å²) in [7, 11) is 0. The van der Waals surface area contributed by atoms with Crippen LogP contribution < -0.4 is 9.88 Å². The normalized spacial score (nSPS) is 11.4. The zero-order chi connectivity index (χ0) is 26.4. The molecule has 0 fully saturated rings. The maximum Gasteiger partial charge on any atom is 0.434 e. The minimum absolute atomic E-state index is 0.0667. The lowest BCUT2D eigenvalue weighted by atomic mass is 10.1. The molecule has 2 heterocycles. The molecule has 0 bridgehead atoms. The molecule has 11 heteroatoms. The van der Waals surface area contributed by atoms with Gasteiger partial charge in [0, 0.05) is 11.3 Å². The van der Waals surface area contributed by atoms with Crippen LogP contribution in [0.25, 0.3) is 17.1 Å². The number of carbonyl (C=O) groups is 1. The number of hydrogen-bond donors (Lipinski definition) is 1. The van der Waals surface area contributed by atoms with Gasteiger partial charge in [-0.3, -0.25) is 5.14 Å². The van der Waals surface area contributed by atoms with E-state index in [9.17, 15) is 18.0 Å². The van der Waals surface area contributed by atoms with Crippen molar-refractivity contribution in [2.24, 2.45) is 5.14 Å². The van der Waals surface area contributed by atoms with Gasteiger partial charge >= 0.3 is 12.1 Å². The standard InChI is InChI=1S/C26H23F3N4O3S/c1-2-35-25(34)20-14-31-33(24(20)26(27,28)29)23-9-5-7-21(32-23)19-6-3-4-8-22(19)36-15-17-10-12-18(13-11-17)16-37-30/h3-14H,2,15-16,30H2,1H3. The fraction of sp³-hybridized carbons (Fsp3) is 0.192. The van der Waals surface area contributed by atoms with Gasteiger partial charge in [-0.05, 0) is 42.3 Å². The molecule has 37 heavy (non-hydrogen) atoms. The van der Waals surface area contributed by atoms with Crippen LogP contribution in [0.15, 0.2) is 72.9 Å². The minimum atomic E-state index is -4.87. The number of nitrogens with zero attached hydrogens (tertiary/aromatic N) is 3. The van der Waals surface area contributed by atoms with E-state index in [2.05, 4.69) is 10.1 Å². The molecule has 0 amide bonds. The zero-order valence-electron chi connectivity index (χ0n) is 19.7. The number of benzene rings is 2. The molecule has 2 aromatic heterocycles. The molecule has 0 radical (unpaired) electrons. The molecule has 0 saturated carbocycles. The lowest BCUT2D eigenvalue weighted by Gasteiger charge is -2.14. The van der Waals surface area contributed by atoms with Crippen LogP contribution in [0, 0.1) is 0 Å². The van der Waals surface area contributed by atoms with Crippen LogP contribution in [0.1, 0.15) is 34.1 Å². The van der Waals surface area contributed by atoms with Crippen LogP contribution in [0.5, 0.6) is 5.75 Å². The van der Waals surface area contributed by atoms with Gasteiger partial charge in [0.25, 0.3) is 0 Å². The first kappa shape index (κ1) is 26.2. The van der Waals surface area contributed by atoms with Gasteiger partial charge in [0.05, 0.1) is 18.5 Å². The predicted molar refractivity (Wildman–Crippen MR) is 134 cm³/mol. The average Bonchev–Trinajstić information content (AvgIpc) is 3.35. The summed E-state index contributed by atoms with van der Waals surface area (Å²) in [6.07, 6.45) is -4.03. The largest absolute Gasteiger partial charge is 0.488 e. The molecule has 0 aliphatic rings. The van der Waals surface area contributed by atoms with Gasteiger partial charge in [-0.2, -0.15) is 18.3 Å². The second-order valence-electron chi connectivity index (χ2n) is 7.83. The van der Waals surface area contributed by atoms with Crippen molar-refractivity contribution in [3.8, 4) is 22.8 Å². The molecule has 0 unspecified atom stereocenters. The average molecular weight is 529 g/mol. The Morgan fingerprint density at radius 2 is 1.76 bits per heavy atom. The summed E-state index contributed by atoms with van der Waals surface area (Å²) in [6, 6.07) is 19.6. The highest BCUT2D eigenvalue weighted by Crippen LogP contribution is 2.35. The Morgan fingerprint density at radius 3 is 2.46 bits per heavy atom. The first-order chi connectivity index (χ1) is 17.8. The third-order valence-corrected chi connectivity index (χ3v) is 5.81. The number of hydrogen-bond acceptors (Lipinski definition) is 7. The van der Waals surface area contributed by atoms with E-state index in [4.69, 9.17) is 14.6 Å². The van der Waals surface area contributed by atoms with E-state index in [1.807, 2.05) is 24.3 Å². The molecule has 4 aromatic rings. The SMILES string of the molecule is CCOC(=O)c1cnn(-c2cccc(-c3ccccc3OCc3ccc(CSN)cc3)n2)c1C(F)(F)F. The maximum atomic E-state index is 13.9. The first-order valence-corrected chi connectivity index (χ1v) is 12.3. The van der Waals surface area contributed by atoms with Gasteiger partial charge in [-0.25, -0.2) is 14.5 Å². The number of nitrogens with two attached hydrogens (primary N) is 1. The zero-order valence-corrected chi connectivity index (χ0v) is 20.6. The topological polar surface area (TPSA) is 92.3 Å². The van der Waals surface area contributed by atoms with Gasteiger partial charge in [0.2, 0.25) is 0 Å². The van der Waals surface area contributed by atoms with Gasteiger partial charge in [0.1, 0.15) is 17.9 Å². The van der Waals surface area contributed by atoms with Crippen LogP contribution in [-0.2, 0) is 23.3 Å². The Bertz CT molecular complexity index is 1370. The van der Waals surface area contributed by atoms with Crippen LogP contribution in [-0.4, -0.2) is 27.3 Å². The molecule has 0 saturated heterocycles. The first-order valence-electron chi connectivity index (χ1n) is 11.2. The Balaban J connectivity index is 1.65. The van der Waals surface area contributed by atoms with Crippen LogP contribution >= 0.6 is 11.9 Å². The molecule has 0 aliphatic carbocycles. The summed E-state index contributed by atoms with van der Waals surface area (Å²) in [5.74, 6) is 0.00586. The Hall–Kier alpha value is -3.83. The molecule has 2 N–H and O–H groups in total. The molecular weight excluding hydrogens is 505 g/mol. The third-order valence-electron chi connectivity index (χ3n) is 5.31. The second-order valence-corrected chi connectivity index (χ2v) is 8.45. The fourth-order valence-electron chi connectivity index (χ4n) is 3.64. The van der Waals surface area contributed by atoms with Crippen molar-refractivity contribution in [2.75, 3.05) is 6.61 Å². The van der Waals surface area contributed by atoms with Gasteiger partial charge in [-0.15, -0.1) is 0 Å². The van der Waals surface area contributed by atoms with E-state index in [1.165, 1.54) is 24.9 Å². The number of esters is 1. The van der Waals surface area contributed by atoms with E-state index in [-0.39, 0.29) is 19.0 Å². The smallest absolute Gasteiger partial charge is 0.434 e. The van der Waals surface area contributed by atoms with E-state index >= 15 is 0 Å². The lowest BCUT2D eigenvalue weighted by Crippen LogP contribution is -2.19. The summed E-state index contributed by atoms with van der Waals surface area (Å²) in [5.41, 5.74) is 1.08. The summed E-state index contributed by atoms with van der Waals surface area (Å²) >= 11 is 1.25. The fourth-order valence-corrected chi connectivity index (χ4v) is 4.02. The number of ether oxygens (including phenoxy) is 2. The Morgan fingerprint density at radius 1 is 1.03 bits per heavy atom. The number of alkyl halides is 3. The van der Waals surface area contributed by atoms with E-state index in [0.717, 1.165) is 17.3 Å². The molecule has 0 aliphatic heterocycles. The quantitative estimate of drug-likeness (QED) is 0.216. The molecule has 4 rings (SSSR count). The molecule has 192 valence electrons. The van der Waals surface area contributed by atoms with E-state index < -0.39 is 23.4 Å². The van der Waals surface area contributed by atoms with Crippen molar-refractivity contribution in [3.63, 3.8) is 0 Å². The van der Waals surface area contributed by atoms with Crippen LogP contribution in [0.3, 0.4) is 0 Å². The molecule has 2 aromatic carbocycles. The summed E-state index contributed by atoms with van der Waals surface area (Å²) in [5, 5.41) is 9.32.